The van der Waals surface area contributed by atoms with Crippen molar-refractivity contribution in [2.45, 2.75) is 0 Å². The molecule has 3 aromatic carbocycles. The lowest BCUT2D eigenvalue weighted by atomic mass is 10.1. The molecule has 0 aromatic heterocycles. The van der Waals surface area contributed by atoms with Gasteiger partial charge in [0.15, 0.2) is 0 Å². The van der Waals surface area contributed by atoms with Crippen LogP contribution in [-0.4, -0.2) is 12.6 Å². The van der Waals surface area contributed by atoms with Gasteiger partial charge >= 0.3 is 0 Å². The molecule has 0 unspecified atom stereocenters. The second-order valence-electron chi connectivity index (χ2n) is 5.45. The van der Waals surface area contributed by atoms with E-state index in [-0.39, 0.29) is 0 Å². The van der Waals surface area contributed by atoms with Gasteiger partial charge in [0.05, 0.1) is 0 Å². The Hall–Kier alpha value is -3.64. The summed E-state index contributed by atoms with van der Waals surface area (Å²) in [5.41, 5.74) is 4.76. The van der Waals surface area contributed by atoms with Gasteiger partial charge in [0.25, 0.3) is 0 Å². The fourth-order valence-electron chi connectivity index (χ4n) is 2.56. The van der Waals surface area contributed by atoms with Crippen molar-refractivity contribution in [3.05, 3.63) is 89.5 Å². The van der Waals surface area contributed by atoms with Crippen LogP contribution >= 0.6 is 0 Å². The summed E-state index contributed by atoms with van der Waals surface area (Å²) < 4.78 is 0. The van der Waals surface area contributed by atoms with Crippen molar-refractivity contribution < 1.29 is 9.59 Å². The lowest BCUT2D eigenvalue weighted by Gasteiger charge is -2.25. The molecule has 0 spiro atoms. The first kappa shape index (κ1) is 16.2. The van der Waals surface area contributed by atoms with Crippen LogP contribution in [0.5, 0.6) is 0 Å². The summed E-state index contributed by atoms with van der Waals surface area (Å²) in [6.45, 7) is 0. The van der Waals surface area contributed by atoms with Gasteiger partial charge in [-0.2, -0.15) is 0 Å². The first-order valence-corrected chi connectivity index (χ1v) is 7.72. The summed E-state index contributed by atoms with van der Waals surface area (Å²) in [6.07, 6.45) is 7.06. The Balaban J connectivity index is 2.09. The van der Waals surface area contributed by atoms with Gasteiger partial charge in [0, 0.05) is 33.8 Å². The highest BCUT2D eigenvalue weighted by Crippen LogP contribution is 2.34. The second-order valence-corrected chi connectivity index (χ2v) is 5.45. The van der Waals surface area contributed by atoms with Crippen LogP contribution in [0.3, 0.4) is 0 Å². The zero-order chi connectivity index (χ0) is 17.6. The van der Waals surface area contributed by atoms with E-state index in [0.717, 1.165) is 35.2 Å². The Morgan fingerprint density at radius 2 is 1.00 bits per heavy atom. The van der Waals surface area contributed by atoms with Gasteiger partial charge < -0.3 is 4.90 Å². The number of carbonyl (C=O) groups excluding carboxylic acids is 2. The van der Waals surface area contributed by atoms with Crippen LogP contribution < -0.4 is 4.90 Å². The largest absolute Gasteiger partial charge is 0.311 e. The molecule has 0 saturated carbocycles. The minimum atomic E-state index is 0.614. The van der Waals surface area contributed by atoms with Gasteiger partial charge in [0.2, 0.25) is 0 Å². The van der Waals surface area contributed by atoms with Gasteiger partial charge in [-0.15, -0.1) is 6.42 Å². The van der Waals surface area contributed by atoms with Crippen molar-refractivity contribution in [2.24, 2.45) is 0 Å². The topological polar surface area (TPSA) is 37.4 Å². The number of terminal acetylenes is 1. The van der Waals surface area contributed by atoms with E-state index in [9.17, 15) is 9.59 Å². The quantitative estimate of drug-likeness (QED) is 0.501. The Labute approximate surface area is 146 Å². The van der Waals surface area contributed by atoms with Crippen LogP contribution in [0.1, 0.15) is 26.3 Å². The Kier molecular flexibility index (Phi) is 4.73. The van der Waals surface area contributed by atoms with E-state index >= 15 is 0 Å². The average Bonchev–Trinajstić information content (AvgIpc) is 2.70. The molecule has 3 rings (SSSR count). The molecule has 0 radical (unpaired) electrons. The minimum absolute atomic E-state index is 0.614. The smallest absolute Gasteiger partial charge is 0.150 e. The van der Waals surface area contributed by atoms with Crippen LogP contribution in [0, 0.1) is 12.3 Å². The molecule has 0 heterocycles. The maximum atomic E-state index is 10.9. The lowest BCUT2D eigenvalue weighted by molar-refractivity contribution is 0.111. The van der Waals surface area contributed by atoms with E-state index in [4.69, 9.17) is 6.42 Å². The second kappa shape index (κ2) is 7.29. The molecule has 0 aliphatic rings. The molecule has 3 nitrogen and oxygen atoms in total. The number of aldehydes is 2. The molecule has 3 aromatic rings. The number of rotatable bonds is 5. The van der Waals surface area contributed by atoms with E-state index in [1.54, 1.807) is 24.3 Å². The third-order valence-corrected chi connectivity index (χ3v) is 3.87. The third-order valence-electron chi connectivity index (χ3n) is 3.87. The van der Waals surface area contributed by atoms with Gasteiger partial charge in [-0.25, -0.2) is 0 Å². The highest BCUT2D eigenvalue weighted by molar-refractivity contribution is 5.82. The Morgan fingerprint density at radius 1 is 0.640 bits per heavy atom. The molecule has 0 bridgehead atoms. The molecular formula is C22H15NO2. The zero-order valence-electron chi connectivity index (χ0n) is 13.4. The van der Waals surface area contributed by atoms with Crippen LogP contribution in [0.2, 0.25) is 0 Å². The van der Waals surface area contributed by atoms with E-state index < -0.39 is 0 Å². The number of carbonyl (C=O) groups is 2. The number of hydrogen-bond acceptors (Lipinski definition) is 3. The van der Waals surface area contributed by atoms with Crippen molar-refractivity contribution in [1.82, 2.24) is 0 Å². The molecule has 0 N–H and O–H groups in total. The van der Waals surface area contributed by atoms with Gasteiger partial charge in [-0.3, -0.25) is 9.59 Å². The molecule has 0 saturated heterocycles. The summed E-state index contributed by atoms with van der Waals surface area (Å²) in [5.74, 6) is 2.61. The molecule has 0 aliphatic carbocycles. The molecule has 3 heteroatoms. The number of nitrogens with zero attached hydrogens (tertiary/aromatic N) is 1. The first-order chi connectivity index (χ1) is 12.2. The molecule has 0 atom stereocenters. The van der Waals surface area contributed by atoms with Crippen molar-refractivity contribution in [3.63, 3.8) is 0 Å². The molecular weight excluding hydrogens is 310 g/mol. The van der Waals surface area contributed by atoms with E-state index in [1.807, 2.05) is 53.4 Å². The van der Waals surface area contributed by atoms with Crippen LogP contribution in [-0.2, 0) is 0 Å². The van der Waals surface area contributed by atoms with E-state index in [2.05, 4.69) is 5.92 Å². The molecule has 120 valence electrons. The van der Waals surface area contributed by atoms with Crippen LogP contribution in [0.15, 0.2) is 72.8 Å². The lowest BCUT2D eigenvalue weighted by Crippen LogP contribution is -2.10. The van der Waals surface area contributed by atoms with Crippen LogP contribution in [0.25, 0.3) is 0 Å². The normalized spacial score (nSPS) is 9.88. The molecule has 0 fully saturated rings. The van der Waals surface area contributed by atoms with Gasteiger partial charge in [-0.1, -0.05) is 5.92 Å². The summed E-state index contributed by atoms with van der Waals surface area (Å²) in [5, 5.41) is 0. The standard InChI is InChI=1S/C22H15NO2/c1-2-17-3-9-20(10-4-17)23(21-11-5-18(15-24)6-12-21)22-13-7-19(16-25)8-14-22/h1,3-16H. The molecule has 0 aliphatic heterocycles. The predicted molar refractivity (Wildman–Crippen MR) is 99.8 cm³/mol. The summed E-state index contributed by atoms with van der Waals surface area (Å²) >= 11 is 0. The minimum Gasteiger partial charge on any atom is -0.311 e. The number of hydrogen-bond donors (Lipinski definition) is 0. The van der Waals surface area contributed by atoms with E-state index in [1.165, 1.54) is 0 Å². The zero-order valence-corrected chi connectivity index (χ0v) is 13.4. The summed E-state index contributed by atoms with van der Waals surface area (Å²) in [6, 6.07) is 22.2. The third kappa shape index (κ3) is 3.49. The first-order valence-electron chi connectivity index (χ1n) is 7.72. The number of anilines is 3. The average molecular weight is 325 g/mol. The van der Waals surface area contributed by atoms with Crippen molar-refractivity contribution in [1.29, 1.82) is 0 Å². The molecule has 0 amide bonds. The molecule has 25 heavy (non-hydrogen) atoms. The van der Waals surface area contributed by atoms with Crippen molar-refractivity contribution in [2.75, 3.05) is 4.90 Å². The van der Waals surface area contributed by atoms with E-state index in [0.29, 0.717) is 11.1 Å². The van der Waals surface area contributed by atoms with Crippen LogP contribution in [0.4, 0.5) is 17.1 Å². The maximum Gasteiger partial charge on any atom is 0.150 e. The van der Waals surface area contributed by atoms with Gasteiger partial charge in [0.1, 0.15) is 12.6 Å². The Bertz CT molecular complexity index is 866. The van der Waals surface area contributed by atoms with Crippen molar-refractivity contribution >= 4 is 29.6 Å². The fraction of sp³-hybridized carbons (Fsp3) is 0. The Morgan fingerprint density at radius 3 is 1.32 bits per heavy atom. The number of benzene rings is 3. The maximum absolute atomic E-state index is 10.9. The highest BCUT2D eigenvalue weighted by atomic mass is 16.1. The highest BCUT2D eigenvalue weighted by Gasteiger charge is 2.12. The van der Waals surface area contributed by atoms with Gasteiger partial charge in [-0.05, 0) is 72.8 Å². The van der Waals surface area contributed by atoms with Crippen molar-refractivity contribution in [3.8, 4) is 12.3 Å². The summed E-state index contributed by atoms with van der Waals surface area (Å²) in [4.78, 5) is 23.8. The summed E-state index contributed by atoms with van der Waals surface area (Å²) in [7, 11) is 0. The monoisotopic (exact) mass is 325 g/mol. The SMILES string of the molecule is C#Cc1ccc(N(c2ccc(C=O)cc2)c2ccc(C=O)cc2)cc1. The predicted octanol–water partition coefficient (Wildman–Crippen LogP) is 4.76. The fourth-order valence-corrected chi connectivity index (χ4v) is 2.56.